The predicted octanol–water partition coefficient (Wildman–Crippen LogP) is 2.30. The molecule has 21 heavy (non-hydrogen) atoms. The molecule has 1 aromatic carbocycles. The average molecular weight is 296 g/mol. The molecule has 0 amide bonds. The van der Waals surface area contributed by atoms with Crippen LogP contribution in [0.3, 0.4) is 0 Å². The molecule has 0 saturated carbocycles. The van der Waals surface area contributed by atoms with Crippen LogP contribution in [0.25, 0.3) is 0 Å². The van der Waals surface area contributed by atoms with Crippen LogP contribution in [0.2, 0.25) is 0 Å². The zero-order chi connectivity index (χ0) is 15.6. The van der Waals surface area contributed by atoms with Crippen LogP contribution in [-0.4, -0.2) is 16.9 Å². The van der Waals surface area contributed by atoms with E-state index < -0.39 is 17.7 Å². The molecule has 0 fully saturated rings. The topological polar surface area (TPSA) is 65.1 Å². The molecule has 2 aromatic rings. The van der Waals surface area contributed by atoms with Crippen molar-refractivity contribution in [3.8, 4) is 5.75 Å². The van der Waals surface area contributed by atoms with Crippen molar-refractivity contribution in [3.05, 3.63) is 47.3 Å². The molecule has 114 valence electrons. The summed E-state index contributed by atoms with van der Waals surface area (Å²) in [5.41, 5.74) is 2.76. The smallest absolute Gasteiger partial charge is 0.161 e. The summed E-state index contributed by atoms with van der Waals surface area (Å²) in [6.07, 6.45) is 1.50. The number of nitrogens with zero attached hydrogens (tertiary/aromatic N) is 2. The third-order valence-corrected chi connectivity index (χ3v) is 3.24. The van der Waals surface area contributed by atoms with Crippen LogP contribution < -0.4 is 16.0 Å². The van der Waals surface area contributed by atoms with Crippen molar-refractivity contribution in [1.29, 1.82) is 0 Å². The maximum atomic E-state index is 14.0. The molecule has 0 bridgehead atoms. The number of nitrogens with two attached hydrogens (primary N) is 1. The zero-order valence-corrected chi connectivity index (χ0v) is 12.1. The van der Waals surface area contributed by atoms with Gasteiger partial charge in [-0.05, 0) is 26.0 Å². The van der Waals surface area contributed by atoms with Crippen LogP contribution in [0.1, 0.15) is 37.2 Å². The molecule has 7 heteroatoms. The van der Waals surface area contributed by atoms with Gasteiger partial charge in [-0.15, -0.1) is 0 Å². The molecule has 2 rings (SSSR count). The van der Waals surface area contributed by atoms with Crippen LogP contribution in [0.4, 0.5) is 8.78 Å². The molecule has 0 aliphatic heterocycles. The molecule has 0 saturated heterocycles. The number of hydrazine groups is 1. The van der Waals surface area contributed by atoms with Gasteiger partial charge in [0, 0.05) is 11.6 Å². The SMILES string of the molecule is COc1cnn(C(C)C)c1C(NN)c1c(F)cccc1F. The molecule has 0 aliphatic carbocycles. The number of hydrogen-bond acceptors (Lipinski definition) is 4. The first-order valence-corrected chi connectivity index (χ1v) is 6.52. The molecule has 0 spiro atoms. The Kier molecular flexibility index (Phi) is 4.54. The van der Waals surface area contributed by atoms with Gasteiger partial charge in [-0.2, -0.15) is 5.10 Å². The highest BCUT2D eigenvalue weighted by molar-refractivity contribution is 5.37. The Bertz CT molecular complexity index is 607. The quantitative estimate of drug-likeness (QED) is 0.656. The highest BCUT2D eigenvalue weighted by Gasteiger charge is 2.28. The normalized spacial score (nSPS) is 12.7. The summed E-state index contributed by atoms with van der Waals surface area (Å²) in [6, 6.07) is 2.75. The fourth-order valence-electron chi connectivity index (χ4n) is 2.28. The lowest BCUT2D eigenvalue weighted by molar-refractivity contribution is 0.389. The Hall–Kier alpha value is -1.99. The molecule has 0 aliphatic rings. The number of ether oxygens (including phenoxy) is 1. The Morgan fingerprint density at radius 1 is 1.29 bits per heavy atom. The molecule has 1 aromatic heterocycles. The Labute approximate surface area is 121 Å². The first-order chi connectivity index (χ1) is 10.0. The number of hydrogen-bond donors (Lipinski definition) is 2. The van der Waals surface area contributed by atoms with Gasteiger partial charge in [0.05, 0.1) is 19.3 Å². The van der Waals surface area contributed by atoms with E-state index in [1.54, 1.807) is 4.68 Å². The monoisotopic (exact) mass is 296 g/mol. The number of rotatable bonds is 5. The zero-order valence-electron chi connectivity index (χ0n) is 12.1. The van der Waals surface area contributed by atoms with Crippen LogP contribution in [0.5, 0.6) is 5.75 Å². The van der Waals surface area contributed by atoms with Crippen molar-refractivity contribution in [1.82, 2.24) is 15.2 Å². The predicted molar refractivity (Wildman–Crippen MR) is 74.7 cm³/mol. The summed E-state index contributed by atoms with van der Waals surface area (Å²) < 4.78 is 34.9. The Morgan fingerprint density at radius 2 is 1.90 bits per heavy atom. The Morgan fingerprint density at radius 3 is 2.38 bits per heavy atom. The minimum absolute atomic E-state index is 0.0189. The highest BCUT2D eigenvalue weighted by atomic mass is 19.1. The number of aromatic nitrogens is 2. The van der Waals surface area contributed by atoms with Crippen molar-refractivity contribution in [2.45, 2.75) is 25.9 Å². The van der Waals surface area contributed by atoms with Gasteiger partial charge in [0.15, 0.2) is 5.75 Å². The summed E-state index contributed by atoms with van der Waals surface area (Å²) in [4.78, 5) is 0. The molecule has 1 heterocycles. The van der Waals surface area contributed by atoms with Gasteiger partial charge >= 0.3 is 0 Å². The maximum Gasteiger partial charge on any atom is 0.161 e. The number of methoxy groups -OCH3 is 1. The van der Waals surface area contributed by atoms with E-state index in [1.165, 1.54) is 31.5 Å². The van der Waals surface area contributed by atoms with Gasteiger partial charge in [-0.25, -0.2) is 14.2 Å². The molecule has 1 atom stereocenters. The van der Waals surface area contributed by atoms with E-state index in [-0.39, 0.29) is 11.6 Å². The summed E-state index contributed by atoms with van der Waals surface area (Å²) in [7, 11) is 1.47. The lowest BCUT2D eigenvalue weighted by Gasteiger charge is -2.22. The van der Waals surface area contributed by atoms with Crippen LogP contribution in [0.15, 0.2) is 24.4 Å². The summed E-state index contributed by atoms with van der Waals surface area (Å²) in [5, 5.41) is 4.19. The third-order valence-electron chi connectivity index (χ3n) is 3.24. The summed E-state index contributed by atoms with van der Waals surface area (Å²) in [6.45, 7) is 3.81. The molecule has 5 nitrogen and oxygen atoms in total. The van der Waals surface area contributed by atoms with Gasteiger partial charge in [-0.3, -0.25) is 10.5 Å². The van der Waals surface area contributed by atoms with Crippen LogP contribution in [0, 0.1) is 11.6 Å². The number of benzene rings is 1. The third kappa shape index (κ3) is 2.74. The molecule has 0 radical (unpaired) electrons. The van der Waals surface area contributed by atoms with Crippen LogP contribution in [-0.2, 0) is 0 Å². The molecule has 1 unspecified atom stereocenters. The minimum atomic E-state index is -0.911. The van der Waals surface area contributed by atoms with Crippen molar-refractivity contribution < 1.29 is 13.5 Å². The highest BCUT2D eigenvalue weighted by Crippen LogP contribution is 2.33. The van der Waals surface area contributed by atoms with Crippen molar-refractivity contribution in [2.24, 2.45) is 5.84 Å². The fraction of sp³-hybridized carbons (Fsp3) is 0.357. The van der Waals surface area contributed by atoms with Crippen LogP contribution >= 0.6 is 0 Å². The Balaban J connectivity index is 2.64. The number of halogens is 2. The van der Waals surface area contributed by atoms with Gasteiger partial charge in [0.1, 0.15) is 17.3 Å². The second kappa shape index (κ2) is 6.19. The van der Waals surface area contributed by atoms with Crippen molar-refractivity contribution in [3.63, 3.8) is 0 Å². The maximum absolute atomic E-state index is 14.0. The second-order valence-electron chi connectivity index (χ2n) is 4.87. The van der Waals surface area contributed by atoms with Crippen molar-refractivity contribution >= 4 is 0 Å². The van der Waals surface area contributed by atoms with E-state index in [1.807, 2.05) is 13.8 Å². The largest absolute Gasteiger partial charge is 0.493 e. The van der Waals surface area contributed by atoms with Gasteiger partial charge in [-0.1, -0.05) is 6.07 Å². The first kappa shape index (κ1) is 15.4. The van der Waals surface area contributed by atoms with Gasteiger partial charge in [0.2, 0.25) is 0 Å². The van der Waals surface area contributed by atoms with Crippen molar-refractivity contribution in [2.75, 3.05) is 7.11 Å². The summed E-state index contributed by atoms with van der Waals surface area (Å²) in [5.74, 6) is 4.59. The van der Waals surface area contributed by atoms with Gasteiger partial charge < -0.3 is 4.74 Å². The van der Waals surface area contributed by atoms with E-state index in [0.29, 0.717) is 11.4 Å². The number of nitrogens with one attached hydrogen (secondary N) is 1. The lowest BCUT2D eigenvalue weighted by atomic mass is 10.0. The van der Waals surface area contributed by atoms with E-state index in [9.17, 15) is 8.78 Å². The van der Waals surface area contributed by atoms with E-state index in [4.69, 9.17) is 10.6 Å². The fourth-order valence-corrected chi connectivity index (χ4v) is 2.28. The first-order valence-electron chi connectivity index (χ1n) is 6.52. The van der Waals surface area contributed by atoms with E-state index in [0.717, 1.165) is 0 Å². The summed E-state index contributed by atoms with van der Waals surface area (Å²) >= 11 is 0. The lowest BCUT2D eigenvalue weighted by Crippen LogP contribution is -2.32. The molecular weight excluding hydrogens is 278 g/mol. The van der Waals surface area contributed by atoms with Gasteiger partial charge in [0.25, 0.3) is 0 Å². The minimum Gasteiger partial charge on any atom is -0.493 e. The average Bonchev–Trinajstić information content (AvgIpc) is 2.86. The molecule has 3 N–H and O–H groups in total. The second-order valence-corrected chi connectivity index (χ2v) is 4.87. The standard InChI is InChI=1S/C14H18F2N4O/c1-8(2)20-14(11(21-3)7-18-20)13(19-17)12-9(15)5-4-6-10(12)16/h4-8,13,19H,17H2,1-3H3. The molecular formula is C14H18F2N4O. The van der Waals surface area contributed by atoms with E-state index in [2.05, 4.69) is 10.5 Å². The van der Waals surface area contributed by atoms with E-state index >= 15 is 0 Å².